The average molecular weight is 272 g/mol. The summed E-state index contributed by atoms with van der Waals surface area (Å²) in [5.41, 5.74) is 2.71. The number of rotatable bonds is 5. The van der Waals surface area contributed by atoms with E-state index in [0.29, 0.717) is 6.04 Å². The van der Waals surface area contributed by atoms with Crippen LogP contribution in [0.2, 0.25) is 0 Å². The third-order valence-corrected chi connectivity index (χ3v) is 4.45. The highest BCUT2D eigenvalue weighted by Crippen LogP contribution is 2.25. The summed E-state index contributed by atoms with van der Waals surface area (Å²) in [6.45, 7) is 3.13. The van der Waals surface area contributed by atoms with Gasteiger partial charge in [0.05, 0.1) is 0 Å². The van der Waals surface area contributed by atoms with Crippen LogP contribution in [0.4, 0.5) is 0 Å². The number of nitrogens with zero attached hydrogens (tertiary/aromatic N) is 1. The Morgan fingerprint density at radius 2 is 2.25 bits per heavy atom. The van der Waals surface area contributed by atoms with Gasteiger partial charge in [-0.15, -0.1) is 0 Å². The van der Waals surface area contributed by atoms with Gasteiger partial charge in [0, 0.05) is 38.0 Å². The Morgan fingerprint density at radius 1 is 1.30 bits per heavy atom. The molecule has 2 heterocycles. The molecule has 1 aliphatic rings. The Bertz CT molecular complexity index is 549. The molecule has 0 amide bonds. The Hall–Kier alpha value is -1.32. The van der Waals surface area contributed by atoms with Crippen LogP contribution >= 0.6 is 0 Å². The van der Waals surface area contributed by atoms with Gasteiger partial charge in [0.1, 0.15) is 0 Å². The molecule has 0 bridgehead atoms. The lowest BCUT2D eigenvalue weighted by Gasteiger charge is -2.35. The van der Waals surface area contributed by atoms with E-state index in [2.05, 4.69) is 34.1 Å². The van der Waals surface area contributed by atoms with Crippen LogP contribution < -0.4 is 0 Å². The Balaban J connectivity index is 1.76. The van der Waals surface area contributed by atoms with Gasteiger partial charge in [-0.25, -0.2) is 0 Å². The van der Waals surface area contributed by atoms with Crippen molar-refractivity contribution in [3.05, 3.63) is 36.0 Å². The van der Waals surface area contributed by atoms with E-state index in [1.165, 1.54) is 42.3 Å². The van der Waals surface area contributed by atoms with Crippen LogP contribution in [0.3, 0.4) is 0 Å². The van der Waals surface area contributed by atoms with Gasteiger partial charge in [-0.1, -0.05) is 24.6 Å². The summed E-state index contributed by atoms with van der Waals surface area (Å²) in [4.78, 5) is 6.02. The largest absolute Gasteiger partial charge is 0.385 e. The highest BCUT2D eigenvalue weighted by Gasteiger charge is 2.22. The van der Waals surface area contributed by atoms with Crippen molar-refractivity contribution < 1.29 is 4.74 Å². The molecule has 0 saturated carbocycles. The minimum absolute atomic E-state index is 0.675. The molecule has 3 rings (SSSR count). The van der Waals surface area contributed by atoms with Crippen molar-refractivity contribution in [3.63, 3.8) is 0 Å². The number of hydrogen-bond donors (Lipinski definition) is 1. The fraction of sp³-hybridized carbons (Fsp3) is 0.529. The van der Waals surface area contributed by atoms with Crippen LogP contribution in [0.5, 0.6) is 0 Å². The number of likely N-dealkylation sites (tertiary alicyclic amines) is 1. The van der Waals surface area contributed by atoms with Crippen LogP contribution in [-0.4, -0.2) is 36.2 Å². The van der Waals surface area contributed by atoms with E-state index in [9.17, 15) is 0 Å². The fourth-order valence-electron chi connectivity index (χ4n) is 3.35. The standard InChI is InChI=1S/C17H24N2O/c1-20-12-9-16-7-2-3-11-19(16)13-15-6-4-5-14-8-10-18-17(14)15/h4-6,8,10,16,18H,2-3,7,9,11-13H2,1H3/t16-/m1/s1. The molecule has 1 aromatic heterocycles. The second kappa shape index (κ2) is 6.42. The summed E-state index contributed by atoms with van der Waals surface area (Å²) in [6, 6.07) is 9.42. The molecule has 0 unspecified atom stereocenters. The molecular formula is C17H24N2O. The SMILES string of the molecule is COCC[C@H]1CCCCN1Cc1cccc2cc[nH]c12. The number of nitrogens with one attached hydrogen (secondary N) is 1. The number of piperidine rings is 1. The first-order valence-electron chi connectivity index (χ1n) is 7.66. The molecule has 1 saturated heterocycles. The number of aromatic amines is 1. The maximum absolute atomic E-state index is 5.27. The van der Waals surface area contributed by atoms with E-state index in [1.54, 1.807) is 7.11 Å². The molecule has 3 nitrogen and oxygen atoms in total. The average Bonchev–Trinajstić information content (AvgIpc) is 2.96. The lowest BCUT2D eigenvalue weighted by atomic mass is 9.98. The number of ether oxygens (including phenoxy) is 1. The van der Waals surface area contributed by atoms with Crippen molar-refractivity contribution in [1.82, 2.24) is 9.88 Å². The molecular weight excluding hydrogens is 248 g/mol. The zero-order valence-electron chi connectivity index (χ0n) is 12.3. The summed E-state index contributed by atoms with van der Waals surface area (Å²) in [7, 11) is 1.80. The first-order chi connectivity index (χ1) is 9.88. The zero-order valence-corrected chi connectivity index (χ0v) is 12.3. The number of benzene rings is 1. The monoisotopic (exact) mass is 272 g/mol. The van der Waals surface area contributed by atoms with Crippen molar-refractivity contribution in [3.8, 4) is 0 Å². The van der Waals surface area contributed by atoms with Gasteiger partial charge >= 0.3 is 0 Å². The summed E-state index contributed by atoms with van der Waals surface area (Å²) < 4.78 is 5.27. The van der Waals surface area contributed by atoms with Gasteiger partial charge in [-0.05, 0) is 42.8 Å². The predicted molar refractivity (Wildman–Crippen MR) is 82.8 cm³/mol. The Kier molecular flexibility index (Phi) is 4.38. The maximum atomic E-state index is 5.27. The smallest absolute Gasteiger partial charge is 0.0499 e. The molecule has 1 fully saturated rings. The van der Waals surface area contributed by atoms with Gasteiger partial charge in [0.15, 0.2) is 0 Å². The summed E-state index contributed by atoms with van der Waals surface area (Å²) in [6.07, 6.45) is 7.18. The molecule has 0 radical (unpaired) electrons. The number of methoxy groups -OCH3 is 1. The normalized spacial score (nSPS) is 20.6. The van der Waals surface area contributed by atoms with Crippen molar-refractivity contribution >= 4 is 10.9 Å². The lowest BCUT2D eigenvalue weighted by Crippen LogP contribution is -2.39. The topological polar surface area (TPSA) is 28.3 Å². The Labute approximate surface area is 120 Å². The first-order valence-corrected chi connectivity index (χ1v) is 7.66. The number of aromatic nitrogens is 1. The van der Waals surface area contributed by atoms with Crippen LogP contribution in [-0.2, 0) is 11.3 Å². The molecule has 1 aromatic carbocycles. The number of H-pyrrole nitrogens is 1. The molecule has 1 N–H and O–H groups in total. The quantitative estimate of drug-likeness (QED) is 0.901. The molecule has 108 valence electrons. The van der Waals surface area contributed by atoms with Gasteiger partial charge in [0.2, 0.25) is 0 Å². The van der Waals surface area contributed by atoms with Crippen LogP contribution in [0.15, 0.2) is 30.5 Å². The van der Waals surface area contributed by atoms with Crippen LogP contribution in [0.25, 0.3) is 10.9 Å². The fourth-order valence-corrected chi connectivity index (χ4v) is 3.35. The third-order valence-electron chi connectivity index (χ3n) is 4.45. The molecule has 1 atom stereocenters. The van der Waals surface area contributed by atoms with E-state index in [4.69, 9.17) is 4.74 Å². The van der Waals surface area contributed by atoms with E-state index >= 15 is 0 Å². The summed E-state index contributed by atoms with van der Waals surface area (Å²) >= 11 is 0. The minimum Gasteiger partial charge on any atom is -0.385 e. The molecule has 0 spiro atoms. The lowest BCUT2D eigenvalue weighted by molar-refractivity contribution is 0.0977. The molecule has 2 aromatic rings. The van der Waals surface area contributed by atoms with Crippen LogP contribution in [0, 0.1) is 0 Å². The van der Waals surface area contributed by atoms with E-state index < -0.39 is 0 Å². The van der Waals surface area contributed by atoms with E-state index in [0.717, 1.165) is 19.6 Å². The van der Waals surface area contributed by atoms with Gasteiger partial charge in [0.25, 0.3) is 0 Å². The zero-order chi connectivity index (χ0) is 13.8. The third kappa shape index (κ3) is 2.89. The molecule has 0 aliphatic carbocycles. The number of para-hydroxylation sites is 1. The van der Waals surface area contributed by atoms with Crippen LogP contribution in [0.1, 0.15) is 31.2 Å². The van der Waals surface area contributed by atoms with Crippen molar-refractivity contribution in [2.75, 3.05) is 20.3 Å². The summed E-state index contributed by atoms with van der Waals surface area (Å²) in [5, 5.41) is 1.31. The predicted octanol–water partition coefficient (Wildman–Crippen LogP) is 3.56. The maximum Gasteiger partial charge on any atom is 0.0499 e. The first kappa shape index (κ1) is 13.7. The highest BCUT2D eigenvalue weighted by atomic mass is 16.5. The minimum atomic E-state index is 0.675. The van der Waals surface area contributed by atoms with Crippen molar-refractivity contribution in [1.29, 1.82) is 0 Å². The van der Waals surface area contributed by atoms with Gasteiger partial charge in [-0.3, -0.25) is 4.90 Å². The highest BCUT2D eigenvalue weighted by molar-refractivity contribution is 5.82. The second-order valence-electron chi connectivity index (χ2n) is 5.76. The van der Waals surface area contributed by atoms with Crippen molar-refractivity contribution in [2.24, 2.45) is 0 Å². The Morgan fingerprint density at radius 3 is 3.15 bits per heavy atom. The second-order valence-corrected chi connectivity index (χ2v) is 5.76. The molecule has 1 aliphatic heterocycles. The number of hydrogen-bond acceptors (Lipinski definition) is 2. The molecule has 3 heteroatoms. The van der Waals surface area contributed by atoms with Gasteiger partial charge < -0.3 is 9.72 Å². The van der Waals surface area contributed by atoms with E-state index in [1.807, 2.05) is 6.20 Å². The van der Waals surface area contributed by atoms with E-state index in [-0.39, 0.29) is 0 Å². The number of fused-ring (bicyclic) bond motifs is 1. The van der Waals surface area contributed by atoms with Gasteiger partial charge in [-0.2, -0.15) is 0 Å². The molecule has 20 heavy (non-hydrogen) atoms. The van der Waals surface area contributed by atoms with Crippen molar-refractivity contribution in [2.45, 2.75) is 38.3 Å². The summed E-state index contributed by atoms with van der Waals surface area (Å²) in [5.74, 6) is 0.